The van der Waals surface area contributed by atoms with E-state index in [4.69, 9.17) is 0 Å². The summed E-state index contributed by atoms with van der Waals surface area (Å²) in [6.07, 6.45) is 0. The van der Waals surface area contributed by atoms with E-state index in [2.05, 4.69) is 31.9 Å². The molecule has 0 aliphatic rings. The minimum absolute atomic E-state index is 0.0317. The van der Waals surface area contributed by atoms with Gasteiger partial charge in [0.2, 0.25) is 11.8 Å². The molecule has 2 amide bonds. The molecule has 0 radical (unpaired) electrons. The minimum Gasteiger partial charge on any atom is -0.346 e. The summed E-state index contributed by atoms with van der Waals surface area (Å²) in [7, 11) is 1.67. The second-order valence-corrected chi connectivity index (χ2v) is 4.73. The van der Waals surface area contributed by atoms with Crippen LogP contribution in [0.1, 0.15) is 5.56 Å². The Hall–Kier alpha value is -1.40. The second kappa shape index (κ2) is 7.13. The molecule has 0 unspecified atom stereocenters. The van der Waals surface area contributed by atoms with Gasteiger partial charge in [0.15, 0.2) is 0 Å². The van der Waals surface area contributed by atoms with E-state index < -0.39 is 0 Å². The van der Waals surface area contributed by atoms with Crippen LogP contribution in [0.5, 0.6) is 0 Å². The van der Waals surface area contributed by atoms with Gasteiger partial charge in [0, 0.05) is 10.2 Å². The molecular weight excluding hydrogens is 298 g/mol. The summed E-state index contributed by atoms with van der Waals surface area (Å²) < 4.78 is 0.959. The SMILES string of the molecule is CNCC(=O)NCC(=O)Nc1ccc(Br)cc1C. The Bertz CT molecular complexity index is 449. The van der Waals surface area contributed by atoms with Crippen LogP contribution in [0, 0.1) is 6.92 Å². The maximum absolute atomic E-state index is 11.6. The number of hydrogen-bond donors (Lipinski definition) is 3. The van der Waals surface area contributed by atoms with Gasteiger partial charge < -0.3 is 16.0 Å². The zero-order valence-electron chi connectivity index (χ0n) is 10.3. The summed E-state index contributed by atoms with van der Waals surface area (Å²) in [4.78, 5) is 22.8. The highest BCUT2D eigenvalue weighted by molar-refractivity contribution is 9.10. The Morgan fingerprint density at radius 1 is 1.22 bits per heavy atom. The highest BCUT2D eigenvalue weighted by atomic mass is 79.9. The number of carbonyl (C=O) groups is 2. The predicted molar refractivity (Wildman–Crippen MR) is 74.4 cm³/mol. The number of hydrogen-bond acceptors (Lipinski definition) is 3. The minimum atomic E-state index is -0.245. The molecule has 0 saturated carbocycles. The molecule has 0 fully saturated rings. The average Bonchev–Trinajstić information content (AvgIpc) is 2.31. The highest BCUT2D eigenvalue weighted by Gasteiger charge is 2.06. The number of benzene rings is 1. The van der Waals surface area contributed by atoms with Crippen LogP contribution in [-0.4, -0.2) is 32.0 Å². The van der Waals surface area contributed by atoms with Crippen molar-refractivity contribution < 1.29 is 9.59 Å². The summed E-state index contributed by atoms with van der Waals surface area (Å²) in [6, 6.07) is 5.57. The maximum Gasteiger partial charge on any atom is 0.243 e. The number of amides is 2. The van der Waals surface area contributed by atoms with Gasteiger partial charge >= 0.3 is 0 Å². The predicted octanol–water partition coefficient (Wildman–Crippen LogP) is 1.03. The van der Waals surface area contributed by atoms with Crippen molar-refractivity contribution in [2.24, 2.45) is 0 Å². The Balaban J connectivity index is 2.47. The van der Waals surface area contributed by atoms with Crippen LogP contribution in [0.15, 0.2) is 22.7 Å². The lowest BCUT2D eigenvalue weighted by Gasteiger charge is -2.09. The molecule has 0 aliphatic carbocycles. The van der Waals surface area contributed by atoms with Gasteiger partial charge in [-0.25, -0.2) is 0 Å². The molecule has 0 bridgehead atoms. The van der Waals surface area contributed by atoms with Crippen LogP contribution >= 0.6 is 15.9 Å². The standard InChI is InChI=1S/C12H16BrN3O2/c1-8-5-9(13)3-4-10(8)16-12(18)7-15-11(17)6-14-2/h3-5,14H,6-7H2,1-2H3,(H,15,17)(H,16,18). The van der Waals surface area contributed by atoms with Crippen molar-refractivity contribution in [3.63, 3.8) is 0 Å². The van der Waals surface area contributed by atoms with Gasteiger partial charge in [-0.3, -0.25) is 9.59 Å². The zero-order valence-corrected chi connectivity index (χ0v) is 11.9. The Labute approximate surface area is 114 Å². The zero-order chi connectivity index (χ0) is 13.5. The second-order valence-electron chi connectivity index (χ2n) is 3.81. The summed E-state index contributed by atoms with van der Waals surface area (Å²) in [5, 5.41) is 7.96. The van der Waals surface area contributed by atoms with Gasteiger partial charge in [0.1, 0.15) is 0 Å². The lowest BCUT2D eigenvalue weighted by molar-refractivity contribution is -0.123. The molecule has 1 rings (SSSR count). The summed E-state index contributed by atoms with van der Waals surface area (Å²) in [5.74, 6) is -0.454. The third-order valence-electron chi connectivity index (χ3n) is 2.25. The van der Waals surface area contributed by atoms with Crippen molar-refractivity contribution in [2.45, 2.75) is 6.92 Å². The number of halogens is 1. The first-order chi connectivity index (χ1) is 8.52. The molecular formula is C12H16BrN3O2. The van der Waals surface area contributed by atoms with Crippen molar-refractivity contribution >= 4 is 33.4 Å². The third-order valence-corrected chi connectivity index (χ3v) is 2.74. The topological polar surface area (TPSA) is 70.2 Å². The lowest BCUT2D eigenvalue weighted by Crippen LogP contribution is -2.37. The van der Waals surface area contributed by atoms with E-state index in [-0.39, 0.29) is 24.9 Å². The van der Waals surface area contributed by atoms with Crippen molar-refractivity contribution in [3.8, 4) is 0 Å². The fourth-order valence-corrected chi connectivity index (χ4v) is 1.84. The molecule has 1 aromatic rings. The van der Waals surface area contributed by atoms with Crippen LogP contribution in [0.4, 0.5) is 5.69 Å². The molecule has 18 heavy (non-hydrogen) atoms. The van der Waals surface area contributed by atoms with E-state index in [9.17, 15) is 9.59 Å². The number of aryl methyl sites for hydroxylation is 1. The van der Waals surface area contributed by atoms with Gasteiger partial charge in [0.25, 0.3) is 0 Å². The summed E-state index contributed by atoms with van der Waals surface area (Å²) in [6.45, 7) is 2.07. The molecule has 0 atom stereocenters. The summed E-state index contributed by atoms with van der Waals surface area (Å²) in [5.41, 5.74) is 1.70. The van der Waals surface area contributed by atoms with E-state index in [1.165, 1.54) is 0 Å². The van der Waals surface area contributed by atoms with Crippen LogP contribution in [0.2, 0.25) is 0 Å². The number of carbonyl (C=O) groups excluding carboxylic acids is 2. The number of nitrogens with one attached hydrogen (secondary N) is 3. The number of rotatable bonds is 5. The highest BCUT2D eigenvalue weighted by Crippen LogP contribution is 2.19. The van der Waals surface area contributed by atoms with E-state index in [0.717, 1.165) is 15.7 Å². The van der Waals surface area contributed by atoms with Crippen LogP contribution in [0.25, 0.3) is 0 Å². The molecule has 5 nitrogen and oxygen atoms in total. The quantitative estimate of drug-likeness (QED) is 0.760. The first-order valence-electron chi connectivity index (χ1n) is 5.50. The molecule has 1 aromatic carbocycles. The first-order valence-corrected chi connectivity index (χ1v) is 6.29. The van der Waals surface area contributed by atoms with Crippen molar-refractivity contribution in [1.29, 1.82) is 0 Å². The Morgan fingerprint density at radius 2 is 1.94 bits per heavy atom. The van der Waals surface area contributed by atoms with Crippen LogP contribution < -0.4 is 16.0 Å². The smallest absolute Gasteiger partial charge is 0.243 e. The van der Waals surface area contributed by atoms with E-state index in [1.54, 1.807) is 7.05 Å². The largest absolute Gasteiger partial charge is 0.346 e. The fourth-order valence-electron chi connectivity index (χ4n) is 1.36. The van der Waals surface area contributed by atoms with E-state index in [1.807, 2.05) is 25.1 Å². The van der Waals surface area contributed by atoms with E-state index in [0.29, 0.717) is 0 Å². The Kier molecular flexibility index (Phi) is 5.80. The van der Waals surface area contributed by atoms with Crippen molar-refractivity contribution in [2.75, 3.05) is 25.5 Å². The monoisotopic (exact) mass is 313 g/mol. The van der Waals surface area contributed by atoms with E-state index >= 15 is 0 Å². The maximum atomic E-state index is 11.6. The normalized spacial score (nSPS) is 9.94. The van der Waals surface area contributed by atoms with Crippen molar-refractivity contribution in [3.05, 3.63) is 28.2 Å². The van der Waals surface area contributed by atoms with Gasteiger partial charge in [-0.05, 0) is 37.7 Å². The van der Waals surface area contributed by atoms with Gasteiger partial charge in [-0.2, -0.15) is 0 Å². The molecule has 0 saturated heterocycles. The number of likely N-dealkylation sites (N-methyl/N-ethyl adjacent to an activating group) is 1. The molecule has 6 heteroatoms. The van der Waals surface area contributed by atoms with Crippen molar-refractivity contribution in [1.82, 2.24) is 10.6 Å². The lowest BCUT2D eigenvalue weighted by atomic mass is 10.2. The molecule has 0 spiro atoms. The summed E-state index contributed by atoms with van der Waals surface area (Å²) >= 11 is 3.35. The van der Waals surface area contributed by atoms with Crippen LogP contribution in [-0.2, 0) is 9.59 Å². The van der Waals surface area contributed by atoms with Gasteiger partial charge in [-0.15, -0.1) is 0 Å². The van der Waals surface area contributed by atoms with Crippen LogP contribution in [0.3, 0.4) is 0 Å². The Morgan fingerprint density at radius 3 is 2.56 bits per heavy atom. The fraction of sp³-hybridized carbons (Fsp3) is 0.333. The molecule has 0 aromatic heterocycles. The molecule has 0 heterocycles. The third kappa shape index (κ3) is 4.85. The molecule has 98 valence electrons. The molecule has 0 aliphatic heterocycles. The first kappa shape index (κ1) is 14.7. The molecule has 3 N–H and O–H groups in total. The number of anilines is 1. The van der Waals surface area contributed by atoms with Gasteiger partial charge in [-0.1, -0.05) is 15.9 Å². The van der Waals surface area contributed by atoms with Gasteiger partial charge in [0.05, 0.1) is 13.1 Å². The average molecular weight is 314 g/mol.